The minimum atomic E-state index is -1.67. The van der Waals surface area contributed by atoms with Crippen molar-refractivity contribution in [3.05, 3.63) is 28.8 Å². The van der Waals surface area contributed by atoms with Gasteiger partial charge in [-0.15, -0.1) is 0 Å². The number of carbonyl (C=O) groups excluding carboxylic acids is 1. The molecule has 2 N–H and O–H groups in total. The van der Waals surface area contributed by atoms with Gasteiger partial charge < -0.3 is 14.9 Å². The van der Waals surface area contributed by atoms with E-state index in [1.807, 2.05) is 0 Å². The number of amides is 1. The number of nitrogens with zero attached hydrogens (tertiary/aromatic N) is 1. The summed E-state index contributed by atoms with van der Waals surface area (Å²) in [7, 11) is 0.0490. The molecule has 1 aromatic rings. The van der Waals surface area contributed by atoms with E-state index in [1.54, 1.807) is 18.0 Å². The van der Waals surface area contributed by atoms with Gasteiger partial charge in [0.25, 0.3) is 5.91 Å². The fraction of sp³-hybridized carbons (Fsp3) is 0.417. The van der Waals surface area contributed by atoms with Crippen LogP contribution in [0.1, 0.15) is 30.1 Å². The Morgan fingerprint density at radius 3 is 2.67 bits per heavy atom. The minimum absolute atomic E-state index is 0.145. The fourth-order valence-electron chi connectivity index (χ4n) is 1.59. The number of carbonyl (C=O) groups is 1. The first-order valence-electron chi connectivity index (χ1n) is 5.88. The van der Waals surface area contributed by atoms with Crippen LogP contribution in [-0.2, 0) is 0 Å². The molecule has 0 saturated heterocycles. The Balaban J connectivity index is 2.89. The molecule has 0 fully saturated rings. The molecule has 0 aromatic heterocycles. The van der Waals surface area contributed by atoms with Crippen molar-refractivity contribution in [2.75, 3.05) is 13.6 Å². The number of halogens is 1. The Bertz CT molecular complexity index is 426. The van der Waals surface area contributed by atoms with Gasteiger partial charge in [-0.25, -0.2) is 0 Å². The Hall–Kier alpha value is -1.04. The lowest BCUT2D eigenvalue weighted by molar-refractivity contribution is 0.0793. The van der Waals surface area contributed by atoms with Crippen molar-refractivity contribution in [3.63, 3.8) is 0 Å². The molecule has 1 amide bonds. The normalized spacial score (nSPS) is 10.3. The second-order valence-corrected chi connectivity index (χ2v) is 4.60. The highest BCUT2D eigenvalue weighted by molar-refractivity contribution is 6.62. The largest absolute Gasteiger partial charge is 0.489 e. The van der Waals surface area contributed by atoms with Crippen molar-refractivity contribution >= 4 is 30.1 Å². The number of rotatable bonds is 5. The maximum atomic E-state index is 12.1. The number of hydrogen-bond acceptors (Lipinski definition) is 3. The van der Waals surface area contributed by atoms with Gasteiger partial charge in [-0.3, -0.25) is 4.79 Å². The van der Waals surface area contributed by atoms with E-state index < -0.39 is 7.12 Å². The van der Waals surface area contributed by atoms with Crippen LogP contribution in [0.25, 0.3) is 0 Å². The van der Waals surface area contributed by atoms with E-state index in [4.69, 9.17) is 21.6 Å². The quantitative estimate of drug-likeness (QED) is 0.781. The smallest absolute Gasteiger partial charge is 0.423 e. The zero-order valence-corrected chi connectivity index (χ0v) is 11.3. The van der Waals surface area contributed by atoms with Gasteiger partial charge in [-0.05, 0) is 24.6 Å². The third-order valence-electron chi connectivity index (χ3n) is 2.71. The van der Waals surface area contributed by atoms with Crippen LogP contribution in [-0.4, -0.2) is 41.6 Å². The zero-order valence-electron chi connectivity index (χ0n) is 10.6. The topological polar surface area (TPSA) is 60.8 Å². The highest BCUT2D eigenvalue weighted by Crippen LogP contribution is 2.10. The van der Waals surface area contributed by atoms with Crippen LogP contribution < -0.4 is 5.46 Å². The molecule has 0 aliphatic heterocycles. The molecule has 0 atom stereocenters. The van der Waals surface area contributed by atoms with Gasteiger partial charge in [0.2, 0.25) is 0 Å². The number of benzene rings is 1. The summed E-state index contributed by atoms with van der Waals surface area (Å²) in [5, 5.41) is 18.5. The van der Waals surface area contributed by atoms with Gasteiger partial charge in [-0.1, -0.05) is 24.9 Å². The van der Waals surface area contributed by atoms with Gasteiger partial charge in [0.05, 0.1) is 0 Å². The maximum absolute atomic E-state index is 12.1. The lowest BCUT2D eigenvalue weighted by Crippen LogP contribution is -2.33. The Morgan fingerprint density at radius 1 is 1.44 bits per heavy atom. The molecular formula is C12H17BClNO3. The number of unbranched alkanes of at least 4 members (excludes halogenated alkanes) is 1. The molecule has 0 spiro atoms. The average Bonchev–Trinajstić information content (AvgIpc) is 2.35. The monoisotopic (exact) mass is 269 g/mol. The summed E-state index contributed by atoms with van der Waals surface area (Å²) >= 11 is 5.81. The third kappa shape index (κ3) is 3.73. The van der Waals surface area contributed by atoms with Crippen LogP contribution in [0.3, 0.4) is 0 Å². The Labute approximate surface area is 112 Å². The fourth-order valence-corrected chi connectivity index (χ4v) is 1.81. The second kappa shape index (κ2) is 6.78. The molecule has 1 rings (SSSR count). The first kappa shape index (κ1) is 15.0. The van der Waals surface area contributed by atoms with Crippen molar-refractivity contribution < 1.29 is 14.8 Å². The van der Waals surface area contributed by atoms with Gasteiger partial charge in [0.15, 0.2) is 0 Å². The third-order valence-corrected chi connectivity index (χ3v) is 3.06. The molecule has 0 bridgehead atoms. The lowest BCUT2D eigenvalue weighted by atomic mass is 9.79. The molecule has 0 aliphatic rings. The van der Waals surface area contributed by atoms with Gasteiger partial charge in [0.1, 0.15) is 0 Å². The summed E-state index contributed by atoms with van der Waals surface area (Å²) < 4.78 is 0. The molecule has 4 nitrogen and oxygen atoms in total. The molecule has 18 heavy (non-hydrogen) atoms. The first-order valence-corrected chi connectivity index (χ1v) is 6.26. The molecule has 1 aromatic carbocycles. The molecule has 0 aliphatic carbocycles. The van der Waals surface area contributed by atoms with Crippen LogP contribution in [0.2, 0.25) is 5.02 Å². The van der Waals surface area contributed by atoms with Crippen molar-refractivity contribution in [1.82, 2.24) is 4.90 Å². The SMILES string of the molecule is CCCCN(C)C(=O)c1ccc(Cl)c(B(O)O)c1. The minimum Gasteiger partial charge on any atom is -0.423 e. The molecule has 0 saturated carbocycles. The van der Waals surface area contributed by atoms with E-state index in [0.29, 0.717) is 12.1 Å². The van der Waals surface area contributed by atoms with Crippen LogP contribution in [0.4, 0.5) is 0 Å². The van der Waals surface area contributed by atoms with E-state index >= 15 is 0 Å². The Morgan fingerprint density at radius 2 is 2.11 bits per heavy atom. The van der Waals surface area contributed by atoms with Gasteiger partial charge >= 0.3 is 7.12 Å². The van der Waals surface area contributed by atoms with E-state index in [0.717, 1.165) is 12.8 Å². The summed E-state index contributed by atoms with van der Waals surface area (Å²) in [6, 6.07) is 4.49. The van der Waals surface area contributed by atoms with Gasteiger partial charge in [-0.2, -0.15) is 0 Å². The van der Waals surface area contributed by atoms with E-state index in [2.05, 4.69) is 6.92 Å². The maximum Gasteiger partial charge on any atom is 0.489 e. The highest BCUT2D eigenvalue weighted by Gasteiger charge is 2.19. The van der Waals surface area contributed by atoms with Crippen molar-refractivity contribution in [2.45, 2.75) is 19.8 Å². The summed E-state index contributed by atoms with van der Waals surface area (Å²) in [6.07, 6.45) is 1.95. The molecule has 0 heterocycles. The first-order chi connectivity index (χ1) is 8.47. The summed E-state index contributed by atoms with van der Waals surface area (Å²) in [6.45, 7) is 2.73. The highest BCUT2D eigenvalue weighted by atomic mass is 35.5. The summed E-state index contributed by atoms with van der Waals surface area (Å²) in [4.78, 5) is 13.7. The second-order valence-electron chi connectivity index (χ2n) is 4.19. The van der Waals surface area contributed by atoms with Crippen molar-refractivity contribution in [1.29, 1.82) is 0 Å². The standard InChI is InChI=1S/C12H17BClNO3/c1-3-4-7-15(2)12(16)9-5-6-11(14)10(8-9)13(17)18/h5-6,8,17-18H,3-4,7H2,1-2H3. The van der Waals surface area contributed by atoms with Gasteiger partial charge in [0, 0.05) is 29.6 Å². The summed E-state index contributed by atoms with van der Waals surface area (Å²) in [5.41, 5.74) is 0.549. The average molecular weight is 270 g/mol. The zero-order chi connectivity index (χ0) is 13.7. The van der Waals surface area contributed by atoms with Crippen LogP contribution in [0, 0.1) is 0 Å². The predicted molar refractivity (Wildman–Crippen MR) is 73.1 cm³/mol. The van der Waals surface area contributed by atoms with E-state index in [1.165, 1.54) is 12.1 Å². The number of hydrogen-bond donors (Lipinski definition) is 2. The van der Waals surface area contributed by atoms with E-state index in [-0.39, 0.29) is 16.4 Å². The van der Waals surface area contributed by atoms with Crippen LogP contribution in [0.15, 0.2) is 18.2 Å². The predicted octanol–water partition coefficient (Wildman–Crippen LogP) is 0.892. The molecule has 98 valence electrons. The van der Waals surface area contributed by atoms with Crippen molar-refractivity contribution in [3.8, 4) is 0 Å². The Kier molecular flexibility index (Phi) is 5.66. The summed E-state index contributed by atoms with van der Waals surface area (Å²) in [5.74, 6) is -0.151. The molecular weight excluding hydrogens is 252 g/mol. The molecule has 6 heteroatoms. The van der Waals surface area contributed by atoms with E-state index in [9.17, 15) is 4.79 Å². The lowest BCUT2D eigenvalue weighted by Gasteiger charge is -2.17. The molecule has 0 radical (unpaired) electrons. The van der Waals surface area contributed by atoms with Crippen LogP contribution in [0.5, 0.6) is 0 Å². The van der Waals surface area contributed by atoms with Crippen LogP contribution >= 0.6 is 11.6 Å². The molecule has 0 unspecified atom stereocenters. The van der Waals surface area contributed by atoms with Crippen molar-refractivity contribution in [2.24, 2.45) is 0 Å².